The van der Waals surface area contributed by atoms with Crippen molar-refractivity contribution < 1.29 is 23.9 Å². The number of aromatic amines is 1. The van der Waals surface area contributed by atoms with Gasteiger partial charge in [-0.15, -0.1) is 0 Å². The lowest BCUT2D eigenvalue weighted by Crippen LogP contribution is -2.47. The second kappa shape index (κ2) is 15.1. The van der Waals surface area contributed by atoms with Crippen LogP contribution < -0.4 is 16.0 Å². The number of carbonyl (C=O) groups excluding carboxylic acids is 3. The summed E-state index contributed by atoms with van der Waals surface area (Å²) in [7, 11) is 0. The SMILES string of the molecule is O=C(NCCC[C@H](NC(=O)OCC1c2ccccc2-c2ccccc21)C(=O)NCCc1c[nH]c2ccccc12)OCc1ccccc1. The maximum atomic E-state index is 13.3. The Morgan fingerprint density at radius 1 is 0.723 bits per heavy atom. The van der Waals surface area contributed by atoms with Gasteiger partial charge in [0.1, 0.15) is 19.3 Å². The van der Waals surface area contributed by atoms with E-state index in [1.165, 1.54) is 0 Å². The summed E-state index contributed by atoms with van der Waals surface area (Å²) < 4.78 is 11.0. The van der Waals surface area contributed by atoms with Gasteiger partial charge in [-0.3, -0.25) is 4.79 Å². The first-order valence-electron chi connectivity index (χ1n) is 16.0. The van der Waals surface area contributed by atoms with E-state index in [0.717, 1.165) is 44.3 Å². The van der Waals surface area contributed by atoms with E-state index in [4.69, 9.17) is 9.47 Å². The third-order valence-electron chi connectivity index (χ3n) is 8.47. The standard InChI is InChI=1S/C38H38N4O5/c43-36(39-22-20-27-23-41-34-18-9-8-13-28(27)34)35(19-10-21-40-37(44)46-24-26-11-2-1-3-12-26)42-38(45)47-25-33-31-16-6-4-14-29(31)30-15-5-7-17-32(30)33/h1-9,11-18,23,33,35,41H,10,19-22,24-25H2,(H,39,43)(H,40,44)(H,42,45)/t35-/m0/s1. The smallest absolute Gasteiger partial charge is 0.407 e. The molecule has 1 aliphatic rings. The molecule has 1 aliphatic carbocycles. The number of carbonyl (C=O) groups is 3. The summed E-state index contributed by atoms with van der Waals surface area (Å²) in [6, 6.07) is 32.8. The Morgan fingerprint density at radius 3 is 2.17 bits per heavy atom. The summed E-state index contributed by atoms with van der Waals surface area (Å²) in [5.74, 6) is -0.410. The molecule has 240 valence electrons. The first kappa shape index (κ1) is 31.4. The Hall–Kier alpha value is -5.57. The van der Waals surface area contributed by atoms with E-state index in [1.807, 2.05) is 85.1 Å². The Labute approximate surface area is 273 Å². The monoisotopic (exact) mass is 630 g/mol. The van der Waals surface area contributed by atoms with Crippen molar-refractivity contribution in [2.24, 2.45) is 0 Å². The van der Waals surface area contributed by atoms with Crippen LogP contribution in [0.4, 0.5) is 9.59 Å². The third kappa shape index (κ3) is 7.81. The molecule has 0 saturated heterocycles. The van der Waals surface area contributed by atoms with Crippen molar-refractivity contribution in [1.82, 2.24) is 20.9 Å². The van der Waals surface area contributed by atoms with E-state index in [1.54, 1.807) is 0 Å². The molecule has 4 aromatic carbocycles. The maximum absolute atomic E-state index is 13.3. The van der Waals surface area contributed by atoms with Crippen LogP contribution >= 0.6 is 0 Å². The minimum absolute atomic E-state index is 0.0947. The molecule has 0 spiro atoms. The fourth-order valence-corrected chi connectivity index (χ4v) is 6.10. The average Bonchev–Trinajstić information content (AvgIpc) is 3.67. The maximum Gasteiger partial charge on any atom is 0.407 e. The lowest BCUT2D eigenvalue weighted by Gasteiger charge is -2.20. The number of hydrogen-bond donors (Lipinski definition) is 4. The molecule has 0 fully saturated rings. The lowest BCUT2D eigenvalue weighted by atomic mass is 9.98. The zero-order chi connectivity index (χ0) is 32.4. The normalized spacial score (nSPS) is 12.5. The topological polar surface area (TPSA) is 122 Å². The first-order valence-corrected chi connectivity index (χ1v) is 16.0. The zero-order valence-corrected chi connectivity index (χ0v) is 26.0. The van der Waals surface area contributed by atoms with E-state index in [2.05, 4.69) is 45.2 Å². The summed E-state index contributed by atoms with van der Waals surface area (Å²) in [6.07, 6.45) is 2.10. The van der Waals surface area contributed by atoms with Crippen molar-refractivity contribution in [3.8, 4) is 11.1 Å². The van der Waals surface area contributed by atoms with Crippen LogP contribution in [0.3, 0.4) is 0 Å². The van der Waals surface area contributed by atoms with Crippen LogP contribution in [0.2, 0.25) is 0 Å². The fraction of sp³-hybridized carbons (Fsp3) is 0.237. The lowest BCUT2D eigenvalue weighted by molar-refractivity contribution is -0.123. The number of aromatic nitrogens is 1. The predicted molar refractivity (Wildman–Crippen MR) is 181 cm³/mol. The number of rotatable bonds is 13. The van der Waals surface area contributed by atoms with E-state index >= 15 is 0 Å². The molecule has 9 nitrogen and oxygen atoms in total. The average molecular weight is 631 g/mol. The van der Waals surface area contributed by atoms with Crippen molar-refractivity contribution in [1.29, 1.82) is 0 Å². The molecule has 5 aromatic rings. The molecule has 0 saturated carbocycles. The summed E-state index contributed by atoms with van der Waals surface area (Å²) in [4.78, 5) is 41.9. The molecule has 0 aliphatic heterocycles. The number of ether oxygens (including phenoxy) is 2. The number of alkyl carbamates (subject to hydrolysis) is 2. The van der Waals surface area contributed by atoms with Gasteiger partial charge in [0.25, 0.3) is 0 Å². The van der Waals surface area contributed by atoms with Crippen LogP contribution in [0.25, 0.3) is 22.0 Å². The summed E-state index contributed by atoms with van der Waals surface area (Å²) in [5.41, 5.74) is 7.52. The Morgan fingerprint density at radius 2 is 1.40 bits per heavy atom. The summed E-state index contributed by atoms with van der Waals surface area (Å²) in [5, 5.41) is 9.57. The van der Waals surface area contributed by atoms with Crippen molar-refractivity contribution >= 4 is 29.0 Å². The zero-order valence-electron chi connectivity index (χ0n) is 26.0. The molecule has 4 N–H and O–H groups in total. The summed E-state index contributed by atoms with van der Waals surface area (Å²) in [6.45, 7) is 0.980. The molecule has 1 aromatic heterocycles. The van der Waals surface area contributed by atoms with Crippen molar-refractivity contribution in [2.75, 3.05) is 19.7 Å². The molecule has 0 radical (unpaired) electrons. The number of hydrogen-bond acceptors (Lipinski definition) is 5. The minimum atomic E-state index is -0.851. The molecule has 47 heavy (non-hydrogen) atoms. The van der Waals surface area contributed by atoms with Gasteiger partial charge in [-0.1, -0.05) is 97.1 Å². The second-order valence-electron chi connectivity index (χ2n) is 11.6. The van der Waals surface area contributed by atoms with E-state index in [-0.39, 0.29) is 31.6 Å². The highest BCUT2D eigenvalue weighted by Crippen LogP contribution is 2.44. The van der Waals surface area contributed by atoms with Gasteiger partial charge in [-0.2, -0.15) is 0 Å². The highest BCUT2D eigenvalue weighted by Gasteiger charge is 2.30. The van der Waals surface area contributed by atoms with E-state index in [0.29, 0.717) is 25.8 Å². The van der Waals surface area contributed by atoms with E-state index in [9.17, 15) is 14.4 Å². The van der Waals surface area contributed by atoms with E-state index < -0.39 is 18.2 Å². The highest BCUT2D eigenvalue weighted by molar-refractivity contribution is 5.86. The number of H-pyrrole nitrogens is 1. The van der Waals surface area contributed by atoms with Gasteiger partial charge in [0.05, 0.1) is 0 Å². The van der Waals surface area contributed by atoms with Crippen LogP contribution in [0.1, 0.15) is 41.0 Å². The van der Waals surface area contributed by atoms with Crippen molar-refractivity contribution in [3.63, 3.8) is 0 Å². The molecular weight excluding hydrogens is 592 g/mol. The number of amides is 3. The highest BCUT2D eigenvalue weighted by atomic mass is 16.6. The van der Waals surface area contributed by atoms with Gasteiger partial charge in [-0.25, -0.2) is 9.59 Å². The molecule has 3 amide bonds. The largest absolute Gasteiger partial charge is 0.449 e. The minimum Gasteiger partial charge on any atom is -0.449 e. The van der Waals surface area contributed by atoms with Crippen LogP contribution in [0.15, 0.2) is 109 Å². The Bertz CT molecular complexity index is 1790. The Kier molecular flexibility index (Phi) is 10.1. The second-order valence-corrected chi connectivity index (χ2v) is 11.6. The molecule has 9 heteroatoms. The first-order chi connectivity index (χ1) is 23.1. The number of para-hydroxylation sites is 1. The molecular formula is C38H38N4O5. The van der Waals surface area contributed by atoms with Crippen molar-refractivity contribution in [2.45, 2.75) is 37.8 Å². The van der Waals surface area contributed by atoms with Gasteiger partial charge in [0, 0.05) is 36.1 Å². The van der Waals surface area contributed by atoms with Crippen molar-refractivity contribution in [3.05, 3.63) is 132 Å². The summed E-state index contributed by atoms with van der Waals surface area (Å²) >= 11 is 0. The molecule has 1 atom stereocenters. The van der Waals surface area contributed by atoms with Crippen LogP contribution in [0, 0.1) is 0 Å². The fourth-order valence-electron chi connectivity index (χ4n) is 6.10. The van der Waals surface area contributed by atoms with Gasteiger partial charge >= 0.3 is 12.2 Å². The number of fused-ring (bicyclic) bond motifs is 4. The quantitative estimate of drug-likeness (QED) is 0.112. The molecule has 1 heterocycles. The molecule has 0 bridgehead atoms. The van der Waals surface area contributed by atoms with Gasteiger partial charge in [-0.05, 0) is 58.7 Å². The third-order valence-corrected chi connectivity index (χ3v) is 8.47. The van der Waals surface area contributed by atoms with Gasteiger partial charge in [0.15, 0.2) is 0 Å². The predicted octanol–water partition coefficient (Wildman–Crippen LogP) is 6.44. The molecule has 6 rings (SSSR count). The van der Waals surface area contributed by atoms with Crippen LogP contribution in [-0.2, 0) is 27.3 Å². The van der Waals surface area contributed by atoms with Crippen LogP contribution in [-0.4, -0.2) is 48.8 Å². The van der Waals surface area contributed by atoms with Gasteiger partial charge in [0.2, 0.25) is 5.91 Å². The number of benzene rings is 4. The van der Waals surface area contributed by atoms with Gasteiger partial charge < -0.3 is 30.4 Å². The molecule has 0 unspecified atom stereocenters. The number of nitrogens with one attached hydrogen (secondary N) is 4. The van der Waals surface area contributed by atoms with Crippen LogP contribution in [0.5, 0.6) is 0 Å². The Balaban J connectivity index is 1.03.